The van der Waals surface area contributed by atoms with Gasteiger partial charge in [0, 0.05) is 36.7 Å². The highest BCUT2D eigenvalue weighted by atomic mass is 16.5. The number of pyridine rings is 1. The summed E-state index contributed by atoms with van der Waals surface area (Å²) in [5.41, 5.74) is 4.70. The molecule has 6 nitrogen and oxygen atoms in total. The van der Waals surface area contributed by atoms with E-state index in [0.717, 1.165) is 25.2 Å². The fourth-order valence-corrected chi connectivity index (χ4v) is 3.57. The molecule has 0 aliphatic carbocycles. The molecule has 1 N–H and O–H groups in total. The topological polar surface area (TPSA) is 63.7 Å². The van der Waals surface area contributed by atoms with E-state index in [4.69, 9.17) is 9.47 Å². The summed E-state index contributed by atoms with van der Waals surface area (Å²) in [5.74, 6) is 0.895. The molecule has 6 heteroatoms. The van der Waals surface area contributed by atoms with Gasteiger partial charge in [-0.15, -0.1) is 0 Å². The summed E-state index contributed by atoms with van der Waals surface area (Å²) in [4.78, 5) is 19.3. The molecule has 3 aromatic rings. The maximum atomic E-state index is 12.7. The second-order valence-corrected chi connectivity index (χ2v) is 6.86. The van der Waals surface area contributed by atoms with Crippen LogP contribution in [0.3, 0.4) is 0 Å². The second-order valence-electron chi connectivity index (χ2n) is 6.86. The van der Waals surface area contributed by atoms with Crippen LogP contribution in [0.25, 0.3) is 0 Å². The predicted octanol–water partition coefficient (Wildman–Crippen LogP) is 3.91. The fourth-order valence-electron chi connectivity index (χ4n) is 3.57. The lowest BCUT2D eigenvalue weighted by Gasteiger charge is -2.30. The maximum Gasteiger partial charge on any atom is 0.274 e. The zero-order valence-corrected chi connectivity index (χ0v) is 16.5. The fraction of sp³-hybridized carbons (Fsp3) is 0.217. The summed E-state index contributed by atoms with van der Waals surface area (Å²) in [6, 6.07) is 17.5. The van der Waals surface area contributed by atoms with E-state index in [1.165, 1.54) is 11.1 Å². The van der Waals surface area contributed by atoms with Crippen molar-refractivity contribution in [3.8, 4) is 11.5 Å². The quantitative estimate of drug-likeness (QED) is 0.717. The van der Waals surface area contributed by atoms with Gasteiger partial charge < -0.3 is 19.7 Å². The average molecular weight is 389 g/mol. The molecule has 0 saturated heterocycles. The van der Waals surface area contributed by atoms with Crippen LogP contribution in [-0.2, 0) is 13.0 Å². The van der Waals surface area contributed by atoms with Crippen LogP contribution in [-0.4, -0.2) is 31.7 Å². The molecule has 2 aromatic carbocycles. The zero-order chi connectivity index (χ0) is 20.2. The minimum Gasteiger partial charge on any atom is -0.493 e. The van der Waals surface area contributed by atoms with Gasteiger partial charge in [-0.05, 0) is 41.8 Å². The molecule has 2 heterocycles. The number of fused-ring (bicyclic) bond motifs is 1. The van der Waals surface area contributed by atoms with E-state index in [2.05, 4.69) is 39.5 Å². The van der Waals surface area contributed by atoms with Gasteiger partial charge in [-0.25, -0.2) is 0 Å². The third-order valence-electron chi connectivity index (χ3n) is 5.11. The van der Waals surface area contributed by atoms with Gasteiger partial charge >= 0.3 is 0 Å². The van der Waals surface area contributed by atoms with E-state index in [9.17, 15) is 4.79 Å². The van der Waals surface area contributed by atoms with Crippen molar-refractivity contribution in [2.45, 2.75) is 13.0 Å². The minimum absolute atomic E-state index is 0.267. The van der Waals surface area contributed by atoms with Crippen LogP contribution in [0.4, 0.5) is 11.4 Å². The molecular formula is C23H23N3O3. The number of hydrogen-bond donors (Lipinski definition) is 1. The van der Waals surface area contributed by atoms with Gasteiger partial charge in [-0.1, -0.05) is 24.3 Å². The summed E-state index contributed by atoms with van der Waals surface area (Å²) in [5, 5.41) is 2.87. The molecular weight excluding hydrogens is 366 g/mol. The van der Waals surface area contributed by atoms with Gasteiger partial charge in [0.15, 0.2) is 11.5 Å². The molecule has 1 amide bonds. The number of anilines is 2. The number of hydrogen-bond acceptors (Lipinski definition) is 5. The van der Waals surface area contributed by atoms with E-state index in [-0.39, 0.29) is 5.91 Å². The van der Waals surface area contributed by atoms with Crippen molar-refractivity contribution in [3.63, 3.8) is 0 Å². The minimum atomic E-state index is -0.267. The number of carbonyl (C=O) groups is 1. The number of nitrogens with zero attached hydrogens (tertiary/aromatic N) is 2. The number of amides is 1. The third kappa shape index (κ3) is 4.01. The van der Waals surface area contributed by atoms with E-state index in [1.807, 2.05) is 12.1 Å². The number of methoxy groups -OCH3 is 2. The van der Waals surface area contributed by atoms with Gasteiger partial charge in [0.25, 0.3) is 5.91 Å². The van der Waals surface area contributed by atoms with Crippen molar-refractivity contribution >= 4 is 17.3 Å². The Morgan fingerprint density at radius 3 is 2.59 bits per heavy atom. The van der Waals surface area contributed by atoms with E-state index >= 15 is 0 Å². The standard InChI is InChI=1S/C23H23N3O3/c1-28-21-8-7-18(13-22(21)29-2)25-23(27)20-14-19(9-11-24-20)26-12-10-16-5-3-4-6-17(16)15-26/h3-9,11,13-14H,10,12,15H2,1-2H3,(H,25,27). The Kier molecular flexibility index (Phi) is 5.33. The van der Waals surface area contributed by atoms with Crippen molar-refractivity contribution in [1.82, 2.24) is 4.98 Å². The van der Waals surface area contributed by atoms with Crippen LogP contribution in [0, 0.1) is 0 Å². The van der Waals surface area contributed by atoms with E-state index < -0.39 is 0 Å². The lowest BCUT2D eigenvalue weighted by atomic mass is 9.99. The zero-order valence-electron chi connectivity index (χ0n) is 16.5. The number of carbonyl (C=O) groups excluding carboxylic acids is 1. The molecule has 0 bridgehead atoms. The Morgan fingerprint density at radius 2 is 1.79 bits per heavy atom. The summed E-state index contributed by atoms with van der Waals surface area (Å²) in [6.45, 7) is 1.74. The molecule has 0 fully saturated rings. The lowest BCUT2D eigenvalue weighted by molar-refractivity contribution is 0.102. The highest BCUT2D eigenvalue weighted by molar-refractivity contribution is 6.03. The third-order valence-corrected chi connectivity index (χ3v) is 5.11. The lowest BCUT2D eigenvalue weighted by Crippen LogP contribution is -2.30. The number of ether oxygens (including phenoxy) is 2. The average Bonchev–Trinajstić information content (AvgIpc) is 2.78. The normalized spacial score (nSPS) is 12.8. The number of nitrogens with one attached hydrogen (secondary N) is 1. The highest BCUT2D eigenvalue weighted by Crippen LogP contribution is 2.30. The first-order chi connectivity index (χ1) is 14.2. The van der Waals surface area contributed by atoms with Crippen LogP contribution in [0.5, 0.6) is 11.5 Å². The maximum absolute atomic E-state index is 12.7. The number of rotatable bonds is 5. The van der Waals surface area contributed by atoms with Gasteiger partial charge in [0.1, 0.15) is 5.69 Å². The van der Waals surface area contributed by atoms with E-state index in [0.29, 0.717) is 22.9 Å². The van der Waals surface area contributed by atoms with Gasteiger partial charge in [0.05, 0.1) is 14.2 Å². The van der Waals surface area contributed by atoms with Crippen molar-refractivity contribution in [2.24, 2.45) is 0 Å². The molecule has 1 aromatic heterocycles. The van der Waals surface area contributed by atoms with Crippen molar-refractivity contribution in [2.75, 3.05) is 31.0 Å². The Hall–Kier alpha value is -3.54. The van der Waals surface area contributed by atoms with Crippen LogP contribution in [0.1, 0.15) is 21.6 Å². The van der Waals surface area contributed by atoms with Crippen molar-refractivity contribution in [1.29, 1.82) is 0 Å². The molecule has 0 unspecified atom stereocenters. The number of benzene rings is 2. The van der Waals surface area contributed by atoms with Crippen molar-refractivity contribution in [3.05, 3.63) is 77.6 Å². The van der Waals surface area contributed by atoms with Gasteiger partial charge in [-0.2, -0.15) is 0 Å². The smallest absolute Gasteiger partial charge is 0.274 e. The second kappa shape index (κ2) is 8.22. The molecule has 0 saturated carbocycles. The van der Waals surface area contributed by atoms with Gasteiger partial charge in [0.2, 0.25) is 0 Å². The molecule has 148 valence electrons. The van der Waals surface area contributed by atoms with Crippen molar-refractivity contribution < 1.29 is 14.3 Å². The molecule has 0 radical (unpaired) electrons. The van der Waals surface area contributed by atoms with Crippen LogP contribution in [0.15, 0.2) is 60.8 Å². The summed E-state index contributed by atoms with van der Waals surface area (Å²) in [6.07, 6.45) is 2.67. The molecule has 0 spiro atoms. The first-order valence-electron chi connectivity index (χ1n) is 9.49. The highest BCUT2D eigenvalue weighted by Gasteiger charge is 2.18. The first-order valence-corrected chi connectivity index (χ1v) is 9.49. The molecule has 1 aliphatic heterocycles. The summed E-state index contributed by atoms with van der Waals surface area (Å²) in [7, 11) is 3.13. The Bertz CT molecular complexity index is 1040. The summed E-state index contributed by atoms with van der Waals surface area (Å²) >= 11 is 0. The Labute approximate surface area is 170 Å². The molecule has 4 rings (SSSR count). The van der Waals surface area contributed by atoms with Crippen LogP contribution in [0.2, 0.25) is 0 Å². The number of aromatic nitrogens is 1. The molecule has 29 heavy (non-hydrogen) atoms. The van der Waals surface area contributed by atoms with Crippen LogP contribution >= 0.6 is 0 Å². The Balaban J connectivity index is 1.51. The largest absolute Gasteiger partial charge is 0.493 e. The molecule has 1 aliphatic rings. The molecule has 0 atom stereocenters. The monoisotopic (exact) mass is 389 g/mol. The van der Waals surface area contributed by atoms with Gasteiger partial charge in [-0.3, -0.25) is 9.78 Å². The van der Waals surface area contributed by atoms with E-state index in [1.54, 1.807) is 38.6 Å². The first kappa shape index (κ1) is 18.8. The summed E-state index contributed by atoms with van der Waals surface area (Å²) < 4.78 is 10.5. The Morgan fingerprint density at radius 1 is 1.00 bits per heavy atom. The predicted molar refractivity (Wildman–Crippen MR) is 113 cm³/mol. The van der Waals surface area contributed by atoms with Crippen LogP contribution < -0.4 is 19.7 Å². The SMILES string of the molecule is COc1ccc(NC(=O)c2cc(N3CCc4ccccc4C3)ccn2)cc1OC.